The lowest BCUT2D eigenvalue weighted by atomic mass is 10.2. The van der Waals surface area contributed by atoms with Crippen molar-refractivity contribution < 1.29 is 14.3 Å². The number of carbonyl (C=O) groups is 1. The fourth-order valence-corrected chi connectivity index (χ4v) is 2.52. The van der Waals surface area contributed by atoms with E-state index < -0.39 is 5.97 Å². The lowest BCUT2D eigenvalue weighted by Crippen LogP contribution is -2.16. The third-order valence-electron chi connectivity index (χ3n) is 3.33. The number of fused-ring (bicyclic) bond motifs is 1. The molecule has 0 N–H and O–H groups in total. The first kappa shape index (κ1) is 14.1. The van der Waals surface area contributed by atoms with E-state index in [0.29, 0.717) is 17.5 Å². The predicted molar refractivity (Wildman–Crippen MR) is 79.2 cm³/mol. The van der Waals surface area contributed by atoms with Gasteiger partial charge in [-0.05, 0) is 31.1 Å². The van der Waals surface area contributed by atoms with E-state index >= 15 is 0 Å². The van der Waals surface area contributed by atoms with Gasteiger partial charge < -0.3 is 9.47 Å². The van der Waals surface area contributed by atoms with Crippen LogP contribution >= 0.6 is 11.6 Å². The molecule has 1 aliphatic rings. The molecule has 0 unspecified atom stereocenters. The van der Waals surface area contributed by atoms with Crippen molar-refractivity contribution in [1.29, 1.82) is 0 Å². The van der Waals surface area contributed by atoms with Gasteiger partial charge >= 0.3 is 5.97 Å². The van der Waals surface area contributed by atoms with Crippen LogP contribution in [0.1, 0.15) is 18.5 Å². The van der Waals surface area contributed by atoms with Crippen LogP contribution in [0.2, 0.25) is 5.15 Å². The van der Waals surface area contributed by atoms with Crippen molar-refractivity contribution in [3.05, 3.63) is 41.3 Å². The number of carbonyl (C=O) groups excluding carboxylic acids is 1. The number of halogens is 1. The lowest BCUT2D eigenvalue weighted by Gasteiger charge is -2.08. The van der Waals surface area contributed by atoms with Crippen LogP contribution in [0.25, 0.3) is 11.7 Å². The highest BCUT2D eigenvalue weighted by molar-refractivity contribution is 6.31. The zero-order chi connectivity index (χ0) is 14.7. The highest BCUT2D eigenvalue weighted by Crippen LogP contribution is 2.19. The molecule has 0 spiro atoms. The molecule has 1 aliphatic heterocycles. The van der Waals surface area contributed by atoms with Crippen LogP contribution in [0.15, 0.2) is 30.5 Å². The summed E-state index contributed by atoms with van der Waals surface area (Å²) in [5.74, 6) is -0.410. The van der Waals surface area contributed by atoms with Gasteiger partial charge in [-0.3, -0.25) is 4.40 Å². The topological polar surface area (TPSA) is 52.8 Å². The number of nitrogens with zero attached hydrogens (tertiary/aromatic N) is 2. The van der Waals surface area contributed by atoms with Gasteiger partial charge in [-0.25, -0.2) is 9.78 Å². The maximum absolute atomic E-state index is 11.7. The first-order chi connectivity index (χ1) is 10.2. The van der Waals surface area contributed by atoms with Crippen LogP contribution in [0.5, 0.6) is 0 Å². The van der Waals surface area contributed by atoms with E-state index in [4.69, 9.17) is 21.1 Å². The number of imidazole rings is 1. The van der Waals surface area contributed by atoms with Crippen LogP contribution in [-0.2, 0) is 14.3 Å². The normalized spacial score (nSPS) is 18.6. The SMILES string of the molecule is O=C(/C=C/c1c(Cl)nc2ccccn12)OC[C@@H]1CCCO1. The van der Waals surface area contributed by atoms with Crippen molar-refractivity contribution in [2.75, 3.05) is 13.2 Å². The van der Waals surface area contributed by atoms with Crippen LogP contribution in [-0.4, -0.2) is 34.7 Å². The average Bonchev–Trinajstić information content (AvgIpc) is 3.10. The van der Waals surface area contributed by atoms with Crippen LogP contribution < -0.4 is 0 Å². The van der Waals surface area contributed by atoms with Gasteiger partial charge in [0.15, 0.2) is 5.15 Å². The van der Waals surface area contributed by atoms with Crippen molar-refractivity contribution in [3.63, 3.8) is 0 Å². The van der Waals surface area contributed by atoms with E-state index in [2.05, 4.69) is 4.98 Å². The second kappa shape index (κ2) is 6.28. The molecule has 1 saturated heterocycles. The molecule has 21 heavy (non-hydrogen) atoms. The van der Waals surface area contributed by atoms with Crippen LogP contribution in [0.3, 0.4) is 0 Å². The molecular weight excluding hydrogens is 292 g/mol. The Morgan fingerprint density at radius 3 is 3.29 bits per heavy atom. The van der Waals surface area contributed by atoms with Gasteiger partial charge in [-0.1, -0.05) is 17.7 Å². The number of hydrogen-bond acceptors (Lipinski definition) is 4. The smallest absolute Gasteiger partial charge is 0.330 e. The van der Waals surface area contributed by atoms with Gasteiger partial charge in [0, 0.05) is 18.9 Å². The molecule has 3 heterocycles. The third kappa shape index (κ3) is 3.25. The largest absolute Gasteiger partial charge is 0.460 e. The maximum atomic E-state index is 11.7. The Morgan fingerprint density at radius 1 is 1.57 bits per heavy atom. The first-order valence-electron chi connectivity index (χ1n) is 6.83. The van der Waals surface area contributed by atoms with Gasteiger partial charge in [0.2, 0.25) is 0 Å². The Hall–Kier alpha value is -1.85. The van der Waals surface area contributed by atoms with Crippen LogP contribution in [0.4, 0.5) is 0 Å². The Labute approximate surface area is 127 Å². The van der Waals surface area contributed by atoms with E-state index in [0.717, 1.165) is 25.1 Å². The number of esters is 1. The fraction of sp³-hybridized carbons (Fsp3) is 0.333. The summed E-state index contributed by atoms with van der Waals surface area (Å²) in [6, 6.07) is 5.60. The van der Waals surface area contributed by atoms with E-state index in [1.54, 1.807) is 6.08 Å². The molecule has 0 bridgehead atoms. The molecular formula is C15H15ClN2O3. The lowest BCUT2D eigenvalue weighted by molar-refractivity contribution is -0.140. The van der Waals surface area contributed by atoms with Gasteiger partial charge in [-0.2, -0.15) is 0 Å². The van der Waals surface area contributed by atoms with Crippen molar-refractivity contribution in [2.24, 2.45) is 0 Å². The molecule has 6 heteroatoms. The molecule has 0 saturated carbocycles. The number of hydrogen-bond donors (Lipinski definition) is 0. The Kier molecular flexibility index (Phi) is 4.22. The Morgan fingerprint density at radius 2 is 2.48 bits per heavy atom. The molecule has 0 aliphatic carbocycles. The molecule has 5 nitrogen and oxygen atoms in total. The Balaban J connectivity index is 1.66. The molecule has 2 aromatic heterocycles. The number of aromatic nitrogens is 2. The number of pyridine rings is 1. The van der Waals surface area contributed by atoms with Crippen molar-refractivity contribution in [3.8, 4) is 0 Å². The quantitative estimate of drug-likeness (QED) is 0.644. The summed E-state index contributed by atoms with van der Waals surface area (Å²) >= 11 is 6.08. The standard InChI is InChI=1S/C15H15ClN2O3/c16-15-12(18-8-2-1-5-13(18)17-15)6-7-14(19)21-10-11-4-3-9-20-11/h1-2,5-8,11H,3-4,9-10H2/b7-6+/t11-/m0/s1. The first-order valence-corrected chi connectivity index (χ1v) is 7.21. The van der Waals surface area contributed by atoms with Crippen molar-refractivity contribution >= 4 is 29.3 Å². The third-order valence-corrected chi connectivity index (χ3v) is 3.61. The molecule has 0 aromatic carbocycles. The molecule has 0 radical (unpaired) electrons. The van der Waals surface area contributed by atoms with Gasteiger partial charge in [0.1, 0.15) is 12.3 Å². The second-order valence-electron chi connectivity index (χ2n) is 4.82. The minimum absolute atomic E-state index is 0.0294. The van der Waals surface area contributed by atoms with Gasteiger partial charge in [0.25, 0.3) is 0 Å². The van der Waals surface area contributed by atoms with Crippen LogP contribution in [0, 0.1) is 0 Å². The van der Waals surface area contributed by atoms with E-state index in [9.17, 15) is 4.79 Å². The summed E-state index contributed by atoms with van der Waals surface area (Å²) in [6.07, 6.45) is 6.80. The monoisotopic (exact) mass is 306 g/mol. The number of ether oxygens (including phenoxy) is 2. The molecule has 110 valence electrons. The minimum Gasteiger partial charge on any atom is -0.460 e. The zero-order valence-corrected chi connectivity index (χ0v) is 12.1. The molecule has 3 rings (SSSR count). The minimum atomic E-state index is -0.410. The van der Waals surface area contributed by atoms with Gasteiger partial charge in [-0.15, -0.1) is 0 Å². The molecule has 2 aromatic rings. The summed E-state index contributed by atoms with van der Waals surface area (Å²) in [6.45, 7) is 1.04. The summed E-state index contributed by atoms with van der Waals surface area (Å²) in [5, 5.41) is 0.351. The molecule has 1 fully saturated rings. The summed E-state index contributed by atoms with van der Waals surface area (Å²) in [7, 11) is 0. The average molecular weight is 307 g/mol. The van der Waals surface area contributed by atoms with Gasteiger partial charge in [0.05, 0.1) is 11.8 Å². The van der Waals surface area contributed by atoms with Crippen molar-refractivity contribution in [1.82, 2.24) is 9.38 Å². The highest BCUT2D eigenvalue weighted by atomic mass is 35.5. The molecule has 0 amide bonds. The second-order valence-corrected chi connectivity index (χ2v) is 5.17. The van der Waals surface area contributed by atoms with E-state index in [1.807, 2.05) is 28.8 Å². The fourth-order valence-electron chi connectivity index (χ4n) is 2.28. The summed E-state index contributed by atoms with van der Waals surface area (Å²) in [5.41, 5.74) is 1.39. The van der Waals surface area contributed by atoms with E-state index in [-0.39, 0.29) is 6.10 Å². The Bertz CT molecular complexity index is 675. The zero-order valence-electron chi connectivity index (χ0n) is 11.4. The summed E-state index contributed by atoms with van der Waals surface area (Å²) < 4.78 is 12.4. The maximum Gasteiger partial charge on any atom is 0.330 e. The van der Waals surface area contributed by atoms with E-state index in [1.165, 1.54) is 6.08 Å². The predicted octanol–water partition coefficient (Wildman–Crippen LogP) is 2.72. The number of rotatable bonds is 4. The highest BCUT2D eigenvalue weighted by Gasteiger charge is 2.16. The van der Waals surface area contributed by atoms with Crippen molar-refractivity contribution in [2.45, 2.75) is 18.9 Å². The molecule has 1 atom stereocenters. The summed E-state index contributed by atoms with van der Waals surface area (Å²) in [4.78, 5) is 15.9.